The zero-order chi connectivity index (χ0) is 27.0. The molecule has 2 aromatic rings. The molecule has 2 aliphatic heterocycles. The minimum atomic E-state index is -4.33. The van der Waals surface area contributed by atoms with Crippen molar-refractivity contribution in [2.24, 2.45) is 5.41 Å². The molecular weight excluding hydrogens is 481 g/mol. The normalized spacial score (nSPS) is 20.6. The highest BCUT2D eigenvalue weighted by atomic mass is 19.4. The van der Waals surface area contributed by atoms with Crippen LogP contribution in [0.3, 0.4) is 0 Å². The second-order valence-corrected chi connectivity index (χ2v) is 10.8. The molecule has 2 unspecified atom stereocenters. The van der Waals surface area contributed by atoms with Crippen LogP contribution >= 0.6 is 0 Å². The first-order chi connectivity index (χ1) is 17.4. The number of benzene rings is 1. The zero-order valence-electron chi connectivity index (χ0n) is 21.9. The molecule has 200 valence electrons. The maximum Gasteiger partial charge on any atom is 0.416 e. The van der Waals surface area contributed by atoms with Gasteiger partial charge in [-0.25, -0.2) is 0 Å². The van der Waals surface area contributed by atoms with E-state index in [0.29, 0.717) is 25.1 Å². The Morgan fingerprint density at radius 1 is 1.19 bits per heavy atom. The molecule has 0 radical (unpaired) electrons. The number of nitrogens with one attached hydrogen (secondary N) is 1. The highest BCUT2D eigenvalue weighted by Crippen LogP contribution is 2.42. The maximum absolute atomic E-state index is 13.1. The molecule has 0 spiro atoms. The molecule has 2 amide bonds. The summed E-state index contributed by atoms with van der Waals surface area (Å²) < 4.78 is 38.6. The number of halogens is 3. The number of hydrogen-bond donors (Lipinski definition) is 1. The van der Waals surface area contributed by atoms with Gasteiger partial charge in [0.1, 0.15) is 6.04 Å². The van der Waals surface area contributed by atoms with Gasteiger partial charge >= 0.3 is 6.18 Å². The highest BCUT2D eigenvalue weighted by Gasteiger charge is 2.40. The van der Waals surface area contributed by atoms with Crippen LogP contribution in [0.25, 0.3) is 0 Å². The van der Waals surface area contributed by atoms with Crippen molar-refractivity contribution >= 4 is 11.8 Å². The second-order valence-electron chi connectivity index (χ2n) is 10.8. The van der Waals surface area contributed by atoms with Gasteiger partial charge in [0.15, 0.2) is 0 Å². The molecule has 2 atom stereocenters. The van der Waals surface area contributed by atoms with Crippen molar-refractivity contribution in [3.63, 3.8) is 0 Å². The number of aromatic nitrogens is 1. The number of nitrogens with zero attached hydrogens (tertiary/aromatic N) is 3. The number of carbonyl (C=O) groups is 2. The van der Waals surface area contributed by atoms with Crippen LogP contribution in [0, 0.1) is 5.41 Å². The van der Waals surface area contributed by atoms with E-state index in [0.717, 1.165) is 55.0 Å². The van der Waals surface area contributed by atoms with Crippen molar-refractivity contribution in [3.05, 3.63) is 64.5 Å². The van der Waals surface area contributed by atoms with Gasteiger partial charge in [-0.15, -0.1) is 0 Å². The van der Waals surface area contributed by atoms with Crippen molar-refractivity contribution in [2.75, 3.05) is 20.1 Å². The number of pyridine rings is 1. The molecule has 1 aromatic carbocycles. The predicted molar refractivity (Wildman–Crippen MR) is 135 cm³/mol. The van der Waals surface area contributed by atoms with Crippen LogP contribution in [-0.2, 0) is 24.1 Å². The first-order valence-corrected chi connectivity index (χ1v) is 12.9. The van der Waals surface area contributed by atoms with Gasteiger partial charge in [0.2, 0.25) is 5.91 Å². The van der Waals surface area contributed by atoms with E-state index in [2.05, 4.69) is 24.1 Å². The molecule has 9 heteroatoms. The van der Waals surface area contributed by atoms with E-state index in [1.54, 1.807) is 24.1 Å². The minimum Gasteiger partial charge on any atom is -0.357 e. The van der Waals surface area contributed by atoms with Crippen molar-refractivity contribution in [1.29, 1.82) is 0 Å². The highest BCUT2D eigenvalue weighted by molar-refractivity contribution is 6.00. The number of piperidine rings is 1. The van der Waals surface area contributed by atoms with E-state index in [4.69, 9.17) is 4.98 Å². The summed E-state index contributed by atoms with van der Waals surface area (Å²) in [6.45, 7) is 8.86. The fraction of sp³-hybridized carbons (Fsp3) is 0.536. The smallest absolute Gasteiger partial charge is 0.357 e. The SMILES string of the molecule is CCCC(C(=O)NC)N1Cc2nc(C3CCN(Cc4ccc(C(F)(F)F)cc4)CC3(C)C)ccc2C1=O. The number of hydrogen-bond acceptors (Lipinski definition) is 4. The van der Waals surface area contributed by atoms with E-state index in [-0.39, 0.29) is 23.1 Å². The third kappa shape index (κ3) is 5.66. The van der Waals surface area contributed by atoms with Gasteiger partial charge in [0.25, 0.3) is 5.91 Å². The lowest BCUT2D eigenvalue weighted by Gasteiger charge is -2.44. The molecule has 1 N–H and O–H groups in total. The van der Waals surface area contributed by atoms with Crippen LogP contribution in [-0.4, -0.2) is 52.8 Å². The molecule has 1 fully saturated rings. The largest absolute Gasteiger partial charge is 0.416 e. The average molecular weight is 517 g/mol. The Balaban J connectivity index is 1.46. The Morgan fingerprint density at radius 3 is 2.49 bits per heavy atom. The Bertz CT molecular complexity index is 1150. The summed E-state index contributed by atoms with van der Waals surface area (Å²) >= 11 is 0. The van der Waals surface area contributed by atoms with Crippen LogP contribution in [0.1, 0.15) is 78.8 Å². The van der Waals surface area contributed by atoms with Crippen molar-refractivity contribution in [2.45, 2.75) is 71.3 Å². The average Bonchev–Trinajstić information content (AvgIpc) is 3.16. The topological polar surface area (TPSA) is 65.5 Å². The van der Waals surface area contributed by atoms with Crippen molar-refractivity contribution < 1.29 is 22.8 Å². The molecule has 0 bridgehead atoms. The van der Waals surface area contributed by atoms with Crippen molar-refractivity contribution in [3.8, 4) is 0 Å². The summed E-state index contributed by atoms with van der Waals surface area (Å²) in [6.07, 6.45) is -2.09. The number of likely N-dealkylation sites (tertiary alicyclic amines) is 1. The van der Waals surface area contributed by atoms with Gasteiger partial charge in [0.05, 0.1) is 23.4 Å². The minimum absolute atomic E-state index is 0.124. The lowest BCUT2D eigenvalue weighted by atomic mass is 9.72. The summed E-state index contributed by atoms with van der Waals surface area (Å²) in [4.78, 5) is 34.3. The number of amides is 2. The Labute approximate surface area is 216 Å². The van der Waals surface area contributed by atoms with Crippen LogP contribution in [0.2, 0.25) is 0 Å². The van der Waals surface area contributed by atoms with Gasteiger partial charge in [-0.05, 0) is 54.6 Å². The lowest BCUT2D eigenvalue weighted by Crippen LogP contribution is -2.46. The van der Waals surface area contributed by atoms with E-state index < -0.39 is 17.8 Å². The molecular formula is C28H35F3N4O2. The molecule has 37 heavy (non-hydrogen) atoms. The Morgan fingerprint density at radius 2 is 1.89 bits per heavy atom. The molecule has 0 aliphatic carbocycles. The summed E-state index contributed by atoms with van der Waals surface area (Å²) in [5, 5.41) is 2.67. The monoisotopic (exact) mass is 516 g/mol. The second kappa shape index (κ2) is 10.4. The molecule has 1 saturated heterocycles. The third-order valence-corrected chi connectivity index (χ3v) is 7.65. The molecule has 1 aromatic heterocycles. The third-order valence-electron chi connectivity index (χ3n) is 7.65. The van der Waals surface area contributed by atoms with Gasteiger partial charge in [0, 0.05) is 31.7 Å². The standard InChI is InChI=1S/C28H35F3N4O2/c1-5-6-24(25(36)32-4)35-16-23-20(26(35)37)11-12-22(33-23)21-13-14-34(17-27(21,2)3)15-18-7-9-19(10-8-18)28(29,30)31/h7-12,21,24H,5-6,13-17H2,1-4H3,(H,32,36). The van der Waals surface area contributed by atoms with Crippen LogP contribution < -0.4 is 5.32 Å². The number of fused-ring (bicyclic) bond motifs is 1. The molecule has 4 rings (SSSR count). The first-order valence-electron chi connectivity index (χ1n) is 12.9. The van der Waals surface area contributed by atoms with E-state index in [9.17, 15) is 22.8 Å². The van der Waals surface area contributed by atoms with Gasteiger partial charge < -0.3 is 10.2 Å². The van der Waals surface area contributed by atoms with Gasteiger partial charge in [-0.3, -0.25) is 19.5 Å². The summed E-state index contributed by atoms with van der Waals surface area (Å²) in [7, 11) is 1.58. The zero-order valence-corrected chi connectivity index (χ0v) is 21.9. The molecule has 2 aliphatic rings. The Kier molecular flexibility index (Phi) is 7.65. The predicted octanol–water partition coefficient (Wildman–Crippen LogP) is 4.99. The number of likely N-dealkylation sites (N-methyl/N-ethyl adjacent to an activating group) is 1. The molecule has 6 nitrogen and oxygen atoms in total. The summed E-state index contributed by atoms with van der Waals surface area (Å²) in [6, 6.07) is 8.66. The van der Waals surface area contributed by atoms with E-state index >= 15 is 0 Å². The first kappa shape index (κ1) is 27.1. The summed E-state index contributed by atoms with van der Waals surface area (Å²) in [5.41, 5.74) is 2.32. The Hall–Kier alpha value is -2.94. The van der Waals surface area contributed by atoms with Crippen LogP contribution in [0.15, 0.2) is 36.4 Å². The van der Waals surface area contributed by atoms with E-state index in [1.165, 1.54) is 0 Å². The lowest BCUT2D eigenvalue weighted by molar-refractivity contribution is -0.137. The van der Waals surface area contributed by atoms with Crippen LogP contribution in [0.5, 0.6) is 0 Å². The molecule has 0 saturated carbocycles. The van der Waals surface area contributed by atoms with Crippen molar-refractivity contribution in [1.82, 2.24) is 20.1 Å². The molecule has 3 heterocycles. The fourth-order valence-electron chi connectivity index (χ4n) is 5.74. The number of rotatable bonds is 7. The van der Waals surface area contributed by atoms with Gasteiger partial charge in [-0.2, -0.15) is 13.2 Å². The quantitative estimate of drug-likeness (QED) is 0.564. The van der Waals surface area contributed by atoms with Gasteiger partial charge in [-0.1, -0.05) is 39.3 Å². The van der Waals surface area contributed by atoms with E-state index in [1.807, 2.05) is 19.1 Å². The number of carbonyl (C=O) groups excluding carboxylic acids is 2. The summed E-state index contributed by atoms with van der Waals surface area (Å²) in [5.74, 6) is -0.136. The maximum atomic E-state index is 13.1. The number of alkyl halides is 3. The van der Waals surface area contributed by atoms with Crippen LogP contribution in [0.4, 0.5) is 13.2 Å². The fourth-order valence-corrected chi connectivity index (χ4v) is 5.74.